The number of nitrogens with zero attached hydrogens (tertiary/aromatic N) is 1. The van der Waals surface area contributed by atoms with E-state index >= 15 is 0 Å². The van der Waals surface area contributed by atoms with Crippen molar-refractivity contribution in [2.75, 3.05) is 13.7 Å². The second-order valence-corrected chi connectivity index (χ2v) is 6.04. The van der Waals surface area contributed by atoms with E-state index < -0.39 is 6.36 Å². The highest BCUT2D eigenvalue weighted by molar-refractivity contribution is 5.91. The van der Waals surface area contributed by atoms with Crippen LogP contribution in [0.5, 0.6) is 11.6 Å². The Morgan fingerprint density at radius 2 is 1.96 bits per heavy atom. The highest BCUT2D eigenvalue weighted by Crippen LogP contribution is 2.34. The molecular weight excluding hydrogens is 359 g/mol. The third kappa shape index (κ3) is 4.51. The summed E-state index contributed by atoms with van der Waals surface area (Å²) in [6.45, 7) is 0.553. The summed E-state index contributed by atoms with van der Waals surface area (Å²) in [5.74, 6) is 0.208. The number of rotatable bonds is 7. The van der Waals surface area contributed by atoms with Crippen LogP contribution in [-0.4, -0.2) is 30.0 Å². The van der Waals surface area contributed by atoms with E-state index in [0.29, 0.717) is 35.4 Å². The van der Waals surface area contributed by atoms with Gasteiger partial charge in [-0.05, 0) is 55.6 Å². The second kappa shape index (κ2) is 7.87. The van der Waals surface area contributed by atoms with Gasteiger partial charge in [0.1, 0.15) is 5.75 Å². The van der Waals surface area contributed by atoms with E-state index in [1.165, 1.54) is 19.2 Å². The Balaban J connectivity index is 2.09. The van der Waals surface area contributed by atoms with Crippen LogP contribution in [0, 0.1) is 0 Å². The Bertz CT molecular complexity index is 922. The molecule has 2 aromatic heterocycles. The van der Waals surface area contributed by atoms with Gasteiger partial charge in [-0.15, -0.1) is 13.2 Å². The van der Waals surface area contributed by atoms with Crippen LogP contribution in [0.25, 0.3) is 22.3 Å². The van der Waals surface area contributed by atoms with Gasteiger partial charge in [0.15, 0.2) is 0 Å². The average Bonchev–Trinajstić information content (AvgIpc) is 2.99. The largest absolute Gasteiger partial charge is 0.573 e. The molecule has 0 spiro atoms. The van der Waals surface area contributed by atoms with Crippen LogP contribution in [0.3, 0.4) is 0 Å². The third-order valence-electron chi connectivity index (χ3n) is 4.18. The molecule has 0 aliphatic rings. The maximum atomic E-state index is 12.6. The van der Waals surface area contributed by atoms with Crippen LogP contribution < -0.4 is 15.2 Å². The zero-order chi connectivity index (χ0) is 19.4. The number of alkyl halides is 3. The second-order valence-electron chi connectivity index (χ2n) is 6.04. The molecule has 0 saturated heterocycles. The van der Waals surface area contributed by atoms with Crippen LogP contribution in [0.4, 0.5) is 13.2 Å². The molecule has 1 aromatic carbocycles. The van der Waals surface area contributed by atoms with Crippen molar-refractivity contribution >= 4 is 10.9 Å². The molecule has 3 N–H and O–H groups in total. The summed E-state index contributed by atoms with van der Waals surface area (Å²) in [4.78, 5) is 7.70. The molecule has 0 aliphatic carbocycles. The summed E-state index contributed by atoms with van der Waals surface area (Å²) in [6.07, 6.45) is -2.46. The fourth-order valence-corrected chi connectivity index (χ4v) is 3.02. The summed E-state index contributed by atoms with van der Waals surface area (Å²) >= 11 is 0. The molecule has 0 fully saturated rings. The van der Waals surface area contributed by atoms with Crippen LogP contribution in [0.2, 0.25) is 0 Å². The highest BCUT2D eigenvalue weighted by atomic mass is 19.4. The number of ether oxygens (including phenoxy) is 2. The molecule has 0 amide bonds. The number of aromatic nitrogens is 2. The van der Waals surface area contributed by atoms with Crippen LogP contribution in [0.1, 0.15) is 18.4 Å². The van der Waals surface area contributed by atoms with Crippen LogP contribution >= 0.6 is 0 Å². The first kappa shape index (κ1) is 19.0. The van der Waals surface area contributed by atoms with Gasteiger partial charge in [-0.2, -0.15) is 0 Å². The van der Waals surface area contributed by atoms with Gasteiger partial charge in [-0.25, -0.2) is 4.98 Å². The van der Waals surface area contributed by atoms with E-state index in [2.05, 4.69) is 14.7 Å². The van der Waals surface area contributed by atoms with E-state index in [0.717, 1.165) is 24.1 Å². The zero-order valence-electron chi connectivity index (χ0n) is 14.8. The standard InChI is InChI=1S/C19H20F3N3O2/c1-26-17-7-4-6-16(24-17)18-13(5-2-3-10-23)14-11-12(27-19(20,21)22)8-9-15(14)25-18/h4,6-9,11,25H,2-3,5,10,23H2,1H3. The Kier molecular flexibility index (Phi) is 5.55. The third-order valence-corrected chi connectivity index (χ3v) is 4.18. The predicted octanol–water partition coefficient (Wildman–Crippen LogP) is 4.42. The highest BCUT2D eigenvalue weighted by Gasteiger charge is 2.31. The van der Waals surface area contributed by atoms with Crippen molar-refractivity contribution in [3.05, 3.63) is 42.0 Å². The average molecular weight is 379 g/mol. The number of unbranched alkanes of at least 4 members (excludes halogenated alkanes) is 1. The van der Waals surface area contributed by atoms with E-state index in [9.17, 15) is 13.2 Å². The first-order valence-electron chi connectivity index (χ1n) is 8.53. The molecule has 0 bridgehead atoms. The zero-order valence-corrected chi connectivity index (χ0v) is 14.8. The van der Waals surface area contributed by atoms with Crippen molar-refractivity contribution in [3.8, 4) is 23.0 Å². The van der Waals surface area contributed by atoms with Gasteiger partial charge in [-0.1, -0.05) is 6.07 Å². The lowest BCUT2D eigenvalue weighted by Crippen LogP contribution is -2.16. The molecule has 144 valence electrons. The van der Waals surface area contributed by atoms with Crippen LogP contribution in [-0.2, 0) is 6.42 Å². The minimum atomic E-state index is -4.74. The summed E-state index contributed by atoms with van der Waals surface area (Å²) in [6, 6.07) is 9.64. The van der Waals surface area contributed by atoms with Gasteiger partial charge in [0.2, 0.25) is 5.88 Å². The van der Waals surface area contributed by atoms with Gasteiger partial charge < -0.3 is 20.2 Å². The Labute approximate surface area is 154 Å². The number of pyridine rings is 1. The molecule has 8 heteroatoms. The Morgan fingerprint density at radius 1 is 1.15 bits per heavy atom. The van der Waals surface area contributed by atoms with E-state index in [1.54, 1.807) is 12.1 Å². The maximum Gasteiger partial charge on any atom is 0.573 e. The van der Waals surface area contributed by atoms with Crippen LogP contribution in [0.15, 0.2) is 36.4 Å². The normalized spacial score (nSPS) is 11.7. The maximum absolute atomic E-state index is 12.6. The molecule has 0 saturated carbocycles. The lowest BCUT2D eigenvalue weighted by Gasteiger charge is -2.09. The van der Waals surface area contributed by atoms with Crippen molar-refractivity contribution in [1.29, 1.82) is 0 Å². The monoisotopic (exact) mass is 379 g/mol. The summed E-state index contributed by atoms with van der Waals surface area (Å²) < 4.78 is 47.0. The summed E-state index contributed by atoms with van der Waals surface area (Å²) in [5.41, 5.74) is 8.59. The lowest BCUT2D eigenvalue weighted by molar-refractivity contribution is -0.274. The lowest BCUT2D eigenvalue weighted by atomic mass is 10.0. The molecule has 3 rings (SSSR count). The van der Waals surface area contributed by atoms with Gasteiger partial charge in [0, 0.05) is 17.0 Å². The van der Waals surface area contributed by atoms with Crippen molar-refractivity contribution in [2.24, 2.45) is 5.73 Å². The molecule has 0 aliphatic heterocycles. The fraction of sp³-hybridized carbons (Fsp3) is 0.316. The first-order valence-corrected chi connectivity index (χ1v) is 8.53. The minimum absolute atomic E-state index is 0.251. The van der Waals surface area contributed by atoms with E-state index in [1.807, 2.05) is 12.1 Å². The van der Waals surface area contributed by atoms with Crippen molar-refractivity contribution in [3.63, 3.8) is 0 Å². The number of nitrogens with one attached hydrogen (secondary N) is 1. The number of fused-ring (bicyclic) bond motifs is 1. The summed E-state index contributed by atoms with van der Waals surface area (Å²) in [7, 11) is 1.53. The van der Waals surface area contributed by atoms with Gasteiger partial charge >= 0.3 is 6.36 Å². The SMILES string of the molecule is COc1cccc(-c2[nH]c3ccc(OC(F)(F)F)cc3c2CCCCN)n1. The Morgan fingerprint density at radius 3 is 2.67 bits per heavy atom. The number of benzene rings is 1. The number of aryl methyl sites for hydroxylation is 1. The molecule has 0 atom stereocenters. The van der Waals surface area contributed by atoms with Gasteiger partial charge in [-0.3, -0.25) is 0 Å². The topological polar surface area (TPSA) is 73.2 Å². The number of hydrogen-bond acceptors (Lipinski definition) is 4. The smallest absolute Gasteiger partial charge is 0.481 e. The number of aromatic amines is 1. The number of nitrogens with two attached hydrogens (primary N) is 1. The Hall–Kier alpha value is -2.74. The molecule has 2 heterocycles. The molecule has 3 aromatic rings. The number of H-pyrrole nitrogens is 1. The fourth-order valence-electron chi connectivity index (χ4n) is 3.02. The molecule has 0 radical (unpaired) electrons. The number of halogens is 3. The number of methoxy groups -OCH3 is 1. The quantitative estimate of drug-likeness (QED) is 0.596. The number of hydrogen-bond donors (Lipinski definition) is 2. The van der Waals surface area contributed by atoms with E-state index in [-0.39, 0.29) is 5.75 Å². The van der Waals surface area contributed by atoms with E-state index in [4.69, 9.17) is 10.5 Å². The van der Waals surface area contributed by atoms with Gasteiger partial charge in [0.05, 0.1) is 18.5 Å². The molecule has 0 unspecified atom stereocenters. The molecule has 5 nitrogen and oxygen atoms in total. The summed E-state index contributed by atoms with van der Waals surface area (Å²) in [5, 5.41) is 0.674. The first-order chi connectivity index (χ1) is 12.9. The molecule has 27 heavy (non-hydrogen) atoms. The predicted molar refractivity (Wildman–Crippen MR) is 96.8 cm³/mol. The van der Waals surface area contributed by atoms with Crippen molar-refractivity contribution in [1.82, 2.24) is 9.97 Å². The van der Waals surface area contributed by atoms with Crippen molar-refractivity contribution < 1.29 is 22.6 Å². The minimum Gasteiger partial charge on any atom is -0.481 e. The molecular formula is C19H20F3N3O2. The van der Waals surface area contributed by atoms with Crippen molar-refractivity contribution in [2.45, 2.75) is 25.6 Å². The van der Waals surface area contributed by atoms with Gasteiger partial charge in [0.25, 0.3) is 0 Å².